The minimum atomic E-state index is -0.848. The molecule has 2 aliphatic rings. The fourth-order valence-corrected chi connectivity index (χ4v) is 3.82. The third-order valence-corrected chi connectivity index (χ3v) is 5.34. The van der Waals surface area contributed by atoms with E-state index in [4.69, 9.17) is 0 Å². The van der Waals surface area contributed by atoms with Crippen molar-refractivity contribution in [1.82, 2.24) is 9.80 Å². The average Bonchev–Trinajstić information content (AvgIpc) is 3.03. The highest BCUT2D eigenvalue weighted by Gasteiger charge is 2.40. The fraction of sp³-hybridized carbons (Fsp3) is 0.526. The van der Waals surface area contributed by atoms with Crippen molar-refractivity contribution in [1.29, 1.82) is 0 Å². The number of carbonyl (C=O) groups excluding carboxylic acids is 2. The van der Waals surface area contributed by atoms with Gasteiger partial charge in [-0.15, -0.1) is 0 Å². The molecule has 3 atom stereocenters. The average molecular weight is 344 g/mol. The van der Waals surface area contributed by atoms with Crippen LogP contribution in [-0.2, 0) is 14.4 Å². The minimum absolute atomic E-state index is 0.0125. The number of carboxylic acid groups (broad SMARTS) is 1. The maximum atomic E-state index is 12.8. The van der Waals surface area contributed by atoms with Crippen LogP contribution < -0.4 is 0 Å². The van der Waals surface area contributed by atoms with Gasteiger partial charge in [0.1, 0.15) is 0 Å². The van der Waals surface area contributed by atoms with Crippen LogP contribution in [-0.4, -0.2) is 52.3 Å². The summed E-state index contributed by atoms with van der Waals surface area (Å²) in [4.78, 5) is 39.8. The molecule has 25 heavy (non-hydrogen) atoms. The summed E-state index contributed by atoms with van der Waals surface area (Å²) >= 11 is 0. The maximum Gasteiger partial charge on any atom is 0.308 e. The summed E-state index contributed by atoms with van der Waals surface area (Å²) in [5.74, 6) is -1.80. The number of piperidine rings is 1. The zero-order chi connectivity index (χ0) is 18.0. The van der Waals surface area contributed by atoms with Crippen LogP contribution in [0.15, 0.2) is 30.3 Å². The van der Waals surface area contributed by atoms with Crippen molar-refractivity contribution >= 4 is 17.8 Å². The molecule has 0 saturated carbocycles. The molecule has 2 aliphatic heterocycles. The Morgan fingerprint density at radius 1 is 1.16 bits per heavy atom. The summed E-state index contributed by atoms with van der Waals surface area (Å²) in [6.07, 6.45) is 1.53. The lowest BCUT2D eigenvalue weighted by Crippen LogP contribution is -2.45. The van der Waals surface area contributed by atoms with E-state index in [1.807, 2.05) is 37.3 Å². The largest absolute Gasteiger partial charge is 0.481 e. The van der Waals surface area contributed by atoms with Crippen LogP contribution in [0, 0.1) is 11.8 Å². The molecule has 2 unspecified atom stereocenters. The van der Waals surface area contributed by atoms with Crippen molar-refractivity contribution in [3.05, 3.63) is 35.9 Å². The van der Waals surface area contributed by atoms with E-state index in [0.717, 1.165) is 5.56 Å². The van der Waals surface area contributed by atoms with Crippen molar-refractivity contribution < 1.29 is 19.5 Å². The Balaban J connectivity index is 1.65. The molecule has 6 heteroatoms. The summed E-state index contributed by atoms with van der Waals surface area (Å²) in [6.45, 7) is 3.22. The third kappa shape index (κ3) is 3.67. The van der Waals surface area contributed by atoms with Crippen LogP contribution in [0.25, 0.3) is 0 Å². The molecule has 0 aromatic heterocycles. The van der Waals surface area contributed by atoms with Gasteiger partial charge < -0.3 is 14.9 Å². The molecule has 2 heterocycles. The topological polar surface area (TPSA) is 77.9 Å². The molecule has 0 bridgehead atoms. The Bertz CT molecular complexity index is 661. The Kier molecular flexibility index (Phi) is 5.06. The molecule has 1 N–H and O–H groups in total. The minimum Gasteiger partial charge on any atom is -0.481 e. The molecular formula is C19H24N2O4. The van der Waals surface area contributed by atoms with Crippen molar-refractivity contribution in [2.24, 2.45) is 11.8 Å². The van der Waals surface area contributed by atoms with E-state index in [0.29, 0.717) is 25.9 Å². The number of hydrogen-bond acceptors (Lipinski definition) is 3. The van der Waals surface area contributed by atoms with Gasteiger partial charge in [0.05, 0.1) is 17.9 Å². The molecule has 0 aliphatic carbocycles. The lowest BCUT2D eigenvalue weighted by atomic mass is 9.96. The van der Waals surface area contributed by atoms with Gasteiger partial charge in [0.15, 0.2) is 0 Å². The molecule has 134 valence electrons. The van der Waals surface area contributed by atoms with Gasteiger partial charge in [0.25, 0.3) is 0 Å². The number of rotatable bonds is 4. The van der Waals surface area contributed by atoms with Gasteiger partial charge in [-0.25, -0.2) is 0 Å². The van der Waals surface area contributed by atoms with Gasteiger partial charge in [-0.1, -0.05) is 30.3 Å². The van der Waals surface area contributed by atoms with E-state index in [-0.39, 0.29) is 36.7 Å². The van der Waals surface area contributed by atoms with Gasteiger partial charge in [-0.3, -0.25) is 14.4 Å². The van der Waals surface area contributed by atoms with E-state index in [1.165, 1.54) is 0 Å². The van der Waals surface area contributed by atoms with Crippen molar-refractivity contribution in [2.45, 2.75) is 32.2 Å². The van der Waals surface area contributed by atoms with E-state index in [9.17, 15) is 19.5 Å². The van der Waals surface area contributed by atoms with E-state index in [1.54, 1.807) is 9.80 Å². The number of carboxylic acids is 1. The molecule has 2 amide bonds. The van der Waals surface area contributed by atoms with Crippen LogP contribution in [0.3, 0.4) is 0 Å². The number of likely N-dealkylation sites (tertiary alicyclic amines) is 2. The Hall–Kier alpha value is -2.37. The first-order valence-electron chi connectivity index (χ1n) is 8.83. The molecule has 1 aromatic rings. The molecule has 3 rings (SSSR count). The number of amides is 2. The second-order valence-electron chi connectivity index (χ2n) is 7.00. The summed E-state index contributed by atoms with van der Waals surface area (Å²) in [5.41, 5.74) is 1.05. The number of nitrogens with zero attached hydrogens (tertiary/aromatic N) is 2. The standard InChI is InChI=1S/C19H24N2O4/c1-13(14-6-3-2-4-7-14)21-12-16(10-17(21)22)18(23)20-9-5-8-15(11-20)19(24)25/h2-4,6-7,13,15-16H,5,8-12H2,1H3,(H,24,25)/t13?,15-,16?/m0/s1. The molecule has 2 saturated heterocycles. The van der Waals surface area contributed by atoms with Crippen molar-refractivity contribution in [2.75, 3.05) is 19.6 Å². The van der Waals surface area contributed by atoms with Gasteiger partial charge in [-0.2, -0.15) is 0 Å². The zero-order valence-corrected chi connectivity index (χ0v) is 14.4. The van der Waals surface area contributed by atoms with Crippen LogP contribution in [0.2, 0.25) is 0 Å². The van der Waals surface area contributed by atoms with E-state index in [2.05, 4.69) is 0 Å². The lowest BCUT2D eigenvalue weighted by molar-refractivity contribution is -0.146. The highest BCUT2D eigenvalue weighted by Crippen LogP contribution is 2.30. The lowest BCUT2D eigenvalue weighted by Gasteiger charge is -2.32. The maximum absolute atomic E-state index is 12.8. The second-order valence-corrected chi connectivity index (χ2v) is 7.00. The Labute approximate surface area is 147 Å². The highest BCUT2D eigenvalue weighted by molar-refractivity contribution is 5.89. The summed E-state index contributed by atoms with van der Waals surface area (Å²) in [6, 6.07) is 9.71. The van der Waals surface area contributed by atoms with Crippen molar-refractivity contribution in [3.63, 3.8) is 0 Å². The zero-order valence-electron chi connectivity index (χ0n) is 14.4. The fourth-order valence-electron chi connectivity index (χ4n) is 3.82. The van der Waals surface area contributed by atoms with Gasteiger partial charge in [0.2, 0.25) is 11.8 Å². The summed E-state index contributed by atoms with van der Waals surface area (Å²) in [7, 11) is 0. The molecule has 6 nitrogen and oxygen atoms in total. The quantitative estimate of drug-likeness (QED) is 0.905. The first-order valence-corrected chi connectivity index (χ1v) is 8.83. The normalized spacial score (nSPS) is 25.1. The number of benzene rings is 1. The van der Waals surface area contributed by atoms with Gasteiger partial charge in [0, 0.05) is 26.1 Å². The number of carbonyl (C=O) groups is 3. The number of aliphatic carboxylic acids is 1. The molecule has 0 spiro atoms. The monoisotopic (exact) mass is 344 g/mol. The molecular weight excluding hydrogens is 320 g/mol. The van der Waals surface area contributed by atoms with Crippen molar-refractivity contribution in [3.8, 4) is 0 Å². The number of hydrogen-bond donors (Lipinski definition) is 1. The molecule has 0 radical (unpaired) electrons. The summed E-state index contributed by atoms with van der Waals surface area (Å²) in [5, 5.41) is 9.19. The van der Waals surface area contributed by atoms with Gasteiger partial charge >= 0.3 is 5.97 Å². The predicted molar refractivity (Wildman–Crippen MR) is 91.6 cm³/mol. The van der Waals surface area contributed by atoms with Crippen LogP contribution in [0.5, 0.6) is 0 Å². The Morgan fingerprint density at radius 2 is 1.88 bits per heavy atom. The predicted octanol–water partition coefficient (Wildman–Crippen LogP) is 1.92. The first-order chi connectivity index (χ1) is 12.0. The van der Waals surface area contributed by atoms with Crippen LogP contribution >= 0.6 is 0 Å². The molecule has 1 aromatic carbocycles. The Morgan fingerprint density at radius 3 is 2.56 bits per heavy atom. The smallest absolute Gasteiger partial charge is 0.308 e. The van der Waals surface area contributed by atoms with E-state index < -0.39 is 11.9 Å². The summed E-state index contributed by atoms with van der Waals surface area (Å²) < 4.78 is 0. The van der Waals surface area contributed by atoms with Crippen LogP contribution in [0.1, 0.15) is 37.8 Å². The second kappa shape index (κ2) is 7.25. The van der Waals surface area contributed by atoms with Crippen LogP contribution in [0.4, 0.5) is 0 Å². The first kappa shape index (κ1) is 17.5. The molecule has 2 fully saturated rings. The van der Waals surface area contributed by atoms with Gasteiger partial charge in [-0.05, 0) is 25.3 Å². The third-order valence-electron chi connectivity index (χ3n) is 5.34. The SMILES string of the molecule is CC(c1ccccc1)N1CC(C(=O)N2CCC[C@H](C(=O)O)C2)CC1=O. The van der Waals surface area contributed by atoms with E-state index >= 15 is 0 Å². The highest BCUT2D eigenvalue weighted by atomic mass is 16.4.